The summed E-state index contributed by atoms with van der Waals surface area (Å²) in [6.45, 7) is 1.85. The highest BCUT2D eigenvalue weighted by Crippen LogP contribution is 2.36. The van der Waals surface area contributed by atoms with Crippen molar-refractivity contribution in [1.29, 1.82) is 0 Å². The first kappa shape index (κ1) is 13.8. The van der Waals surface area contributed by atoms with E-state index in [0.29, 0.717) is 23.8 Å². The van der Waals surface area contributed by atoms with Crippen LogP contribution in [0.5, 0.6) is 0 Å². The van der Waals surface area contributed by atoms with Gasteiger partial charge in [-0.15, -0.1) is 0 Å². The molecule has 1 heterocycles. The molecular formula is C14H26N2O2S. The quantitative estimate of drug-likeness (QED) is 0.775. The molecule has 2 saturated carbocycles. The number of nitrogens with one attached hydrogen (secondary N) is 1. The van der Waals surface area contributed by atoms with Gasteiger partial charge in [0, 0.05) is 18.6 Å². The van der Waals surface area contributed by atoms with E-state index in [-0.39, 0.29) is 0 Å². The molecular weight excluding hydrogens is 260 g/mol. The van der Waals surface area contributed by atoms with Crippen LogP contribution in [-0.4, -0.2) is 43.6 Å². The van der Waals surface area contributed by atoms with Crippen LogP contribution in [0.25, 0.3) is 0 Å². The van der Waals surface area contributed by atoms with Crippen molar-refractivity contribution in [3.8, 4) is 0 Å². The first-order valence-electron chi connectivity index (χ1n) is 7.88. The standard InChI is InChI=1S/C14H26N2O2S/c17-19(18,10-8-13-3-1-2-9-15-13)16(14-6-7-14)11-12-4-5-12/h12-15H,1-11H2. The van der Waals surface area contributed by atoms with Crippen LogP contribution in [0, 0.1) is 5.92 Å². The van der Waals surface area contributed by atoms with Gasteiger partial charge in [-0.3, -0.25) is 0 Å². The van der Waals surface area contributed by atoms with Gasteiger partial charge in [0.25, 0.3) is 0 Å². The van der Waals surface area contributed by atoms with Crippen LogP contribution in [0.4, 0.5) is 0 Å². The average Bonchev–Trinajstić information content (AvgIpc) is 3.28. The van der Waals surface area contributed by atoms with Crippen molar-refractivity contribution in [2.24, 2.45) is 5.92 Å². The van der Waals surface area contributed by atoms with Crippen LogP contribution >= 0.6 is 0 Å². The minimum Gasteiger partial charge on any atom is -0.314 e. The predicted molar refractivity (Wildman–Crippen MR) is 76.5 cm³/mol. The first-order valence-corrected chi connectivity index (χ1v) is 9.49. The maximum absolute atomic E-state index is 12.5. The van der Waals surface area contributed by atoms with Gasteiger partial charge in [0.2, 0.25) is 10.0 Å². The fourth-order valence-corrected chi connectivity index (χ4v) is 4.91. The van der Waals surface area contributed by atoms with Crippen molar-refractivity contribution >= 4 is 10.0 Å². The molecule has 110 valence electrons. The highest BCUT2D eigenvalue weighted by Gasteiger charge is 2.40. The maximum Gasteiger partial charge on any atom is 0.214 e. The second-order valence-electron chi connectivity index (χ2n) is 6.50. The maximum atomic E-state index is 12.5. The summed E-state index contributed by atoms with van der Waals surface area (Å²) >= 11 is 0. The summed E-state index contributed by atoms with van der Waals surface area (Å²) in [4.78, 5) is 0. The van der Waals surface area contributed by atoms with Crippen LogP contribution in [0.3, 0.4) is 0 Å². The molecule has 3 fully saturated rings. The molecule has 0 amide bonds. The SMILES string of the molecule is O=S(=O)(CCC1CCCCN1)N(CC1CC1)C1CC1. The van der Waals surface area contributed by atoms with E-state index >= 15 is 0 Å². The fourth-order valence-electron chi connectivity index (χ4n) is 2.99. The van der Waals surface area contributed by atoms with Gasteiger partial charge in [-0.05, 0) is 57.4 Å². The van der Waals surface area contributed by atoms with E-state index in [4.69, 9.17) is 0 Å². The summed E-state index contributed by atoms with van der Waals surface area (Å²) in [6.07, 6.45) is 9.01. The summed E-state index contributed by atoms with van der Waals surface area (Å²) < 4.78 is 26.9. The van der Waals surface area contributed by atoms with Crippen molar-refractivity contribution in [2.75, 3.05) is 18.8 Å². The van der Waals surface area contributed by atoms with Crippen LogP contribution < -0.4 is 5.32 Å². The summed E-state index contributed by atoms with van der Waals surface area (Å²) in [7, 11) is -3.02. The third kappa shape index (κ3) is 3.92. The van der Waals surface area contributed by atoms with Crippen molar-refractivity contribution in [3.63, 3.8) is 0 Å². The molecule has 3 aliphatic rings. The topological polar surface area (TPSA) is 49.4 Å². The molecule has 5 heteroatoms. The molecule has 1 aliphatic heterocycles. The third-order valence-electron chi connectivity index (χ3n) is 4.58. The lowest BCUT2D eigenvalue weighted by Crippen LogP contribution is -2.40. The number of piperidine rings is 1. The lowest BCUT2D eigenvalue weighted by Gasteiger charge is -2.26. The van der Waals surface area contributed by atoms with E-state index in [1.54, 1.807) is 0 Å². The molecule has 0 bridgehead atoms. The van der Waals surface area contributed by atoms with Crippen molar-refractivity contribution in [3.05, 3.63) is 0 Å². The van der Waals surface area contributed by atoms with E-state index in [1.807, 2.05) is 4.31 Å². The number of hydrogen-bond donors (Lipinski definition) is 1. The number of nitrogens with zero attached hydrogens (tertiary/aromatic N) is 1. The van der Waals surface area contributed by atoms with Crippen molar-refractivity contribution < 1.29 is 8.42 Å². The largest absolute Gasteiger partial charge is 0.314 e. The second kappa shape index (κ2) is 5.70. The Kier molecular flexibility index (Phi) is 4.15. The number of hydrogen-bond acceptors (Lipinski definition) is 3. The smallest absolute Gasteiger partial charge is 0.214 e. The van der Waals surface area contributed by atoms with E-state index in [2.05, 4.69) is 5.32 Å². The molecule has 1 atom stereocenters. The second-order valence-corrected chi connectivity index (χ2v) is 8.54. The van der Waals surface area contributed by atoms with Crippen LogP contribution in [0.15, 0.2) is 0 Å². The molecule has 2 aliphatic carbocycles. The van der Waals surface area contributed by atoms with Gasteiger partial charge in [0.05, 0.1) is 5.75 Å². The normalized spacial score (nSPS) is 28.8. The molecule has 19 heavy (non-hydrogen) atoms. The molecule has 1 saturated heterocycles. The molecule has 0 aromatic rings. The highest BCUT2D eigenvalue weighted by atomic mass is 32.2. The molecule has 0 radical (unpaired) electrons. The van der Waals surface area contributed by atoms with Gasteiger partial charge in [-0.2, -0.15) is 4.31 Å². The van der Waals surface area contributed by atoms with Crippen molar-refractivity contribution in [2.45, 2.75) is 63.5 Å². The van der Waals surface area contributed by atoms with Crippen LogP contribution in [0.1, 0.15) is 51.4 Å². The van der Waals surface area contributed by atoms with Gasteiger partial charge in [-0.25, -0.2) is 8.42 Å². The fraction of sp³-hybridized carbons (Fsp3) is 1.00. The van der Waals surface area contributed by atoms with Gasteiger partial charge >= 0.3 is 0 Å². The first-order chi connectivity index (χ1) is 9.15. The summed E-state index contributed by atoms with van der Waals surface area (Å²) in [6, 6.07) is 0.760. The van der Waals surface area contributed by atoms with Gasteiger partial charge < -0.3 is 5.32 Å². The monoisotopic (exact) mass is 286 g/mol. The van der Waals surface area contributed by atoms with Crippen LogP contribution in [0.2, 0.25) is 0 Å². The molecule has 0 aromatic heterocycles. The zero-order valence-electron chi connectivity index (χ0n) is 11.7. The minimum atomic E-state index is -3.02. The Labute approximate surface area is 117 Å². The molecule has 1 N–H and O–H groups in total. The Morgan fingerprint density at radius 1 is 1.05 bits per heavy atom. The summed E-state index contributed by atoms with van der Waals surface area (Å²) in [5, 5.41) is 3.45. The van der Waals surface area contributed by atoms with Gasteiger partial charge in [-0.1, -0.05) is 6.42 Å². The highest BCUT2D eigenvalue weighted by molar-refractivity contribution is 7.89. The number of sulfonamides is 1. The Morgan fingerprint density at radius 2 is 1.84 bits per heavy atom. The lowest BCUT2D eigenvalue weighted by molar-refractivity contribution is 0.372. The Balaban J connectivity index is 1.53. The van der Waals surface area contributed by atoms with E-state index < -0.39 is 10.0 Å². The zero-order valence-corrected chi connectivity index (χ0v) is 12.5. The van der Waals surface area contributed by atoms with E-state index in [1.165, 1.54) is 25.7 Å². The summed E-state index contributed by atoms with van der Waals surface area (Å²) in [5.74, 6) is 0.997. The Bertz CT molecular complexity index is 396. The summed E-state index contributed by atoms with van der Waals surface area (Å²) in [5.41, 5.74) is 0. The van der Waals surface area contributed by atoms with Gasteiger partial charge in [0.15, 0.2) is 0 Å². The Morgan fingerprint density at radius 3 is 2.42 bits per heavy atom. The molecule has 4 nitrogen and oxygen atoms in total. The minimum absolute atomic E-state index is 0.338. The van der Waals surface area contributed by atoms with E-state index in [9.17, 15) is 8.42 Å². The molecule has 3 rings (SSSR count). The number of rotatable bonds is 7. The van der Waals surface area contributed by atoms with E-state index in [0.717, 1.165) is 38.8 Å². The molecule has 0 spiro atoms. The predicted octanol–water partition coefficient (Wildman–Crippen LogP) is 1.72. The van der Waals surface area contributed by atoms with Crippen LogP contribution in [-0.2, 0) is 10.0 Å². The zero-order chi connectivity index (χ0) is 13.3. The van der Waals surface area contributed by atoms with Crippen molar-refractivity contribution in [1.82, 2.24) is 9.62 Å². The molecule has 1 unspecified atom stereocenters. The van der Waals surface area contributed by atoms with Gasteiger partial charge in [0.1, 0.15) is 0 Å². The third-order valence-corrected chi connectivity index (χ3v) is 6.50. The average molecular weight is 286 g/mol. The molecule has 0 aromatic carbocycles. The lowest BCUT2D eigenvalue weighted by atomic mass is 10.0. The Hall–Kier alpha value is -0.130.